The summed E-state index contributed by atoms with van der Waals surface area (Å²) in [5.74, 6) is 2.46. The minimum Gasteiger partial charge on any atom is -0.493 e. The van der Waals surface area contributed by atoms with Crippen molar-refractivity contribution in [3.63, 3.8) is 0 Å². The SMILES string of the molecule is CC(C)C(NC(=O)c1ccc(OCCSc2ccccc2)cc1)C(C)C. The van der Waals surface area contributed by atoms with Gasteiger partial charge in [0.2, 0.25) is 0 Å². The zero-order valence-electron chi connectivity index (χ0n) is 16.1. The lowest BCUT2D eigenvalue weighted by molar-refractivity contribution is 0.0910. The van der Waals surface area contributed by atoms with Crippen LogP contribution >= 0.6 is 11.8 Å². The molecule has 0 unspecified atom stereocenters. The second-order valence-corrected chi connectivity index (χ2v) is 8.19. The Labute approximate surface area is 161 Å². The summed E-state index contributed by atoms with van der Waals surface area (Å²) in [6.45, 7) is 9.17. The molecule has 140 valence electrons. The zero-order chi connectivity index (χ0) is 18.9. The fourth-order valence-electron chi connectivity index (χ4n) is 2.88. The maximum absolute atomic E-state index is 12.4. The zero-order valence-corrected chi connectivity index (χ0v) is 16.9. The number of hydrogen-bond donors (Lipinski definition) is 1. The number of hydrogen-bond acceptors (Lipinski definition) is 3. The average molecular weight is 372 g/mol. The first-order chi connectivity index (χ1) is 12.5. The van der Waals surface area contributed by atoms with E-state index in [4.69, 9.17) is 4.74 Å². The summed E-state index contributed by atoms with van der Waals surface area (Å²) >= 11 is 1.77. The number of ether oxygens (including phenoxy) is 1. The van der Waals surface area contributed by atoms with Gasteiger partial charge in [-0.2, -0.15) is 0 Å². The molecule has 2 aromatic rings. The molecule has 0 aliphatic rings. The number of thioether (sulfide) groups is 1. The first-order valence-electron chi connectivity index (χ1n) is 9.19. The summed E-state index contributed by atoms with van der Waals surface area (Å²) in [6.07, 6.45) is 0. The van der Waals surface area contributed by atoms with Gasteiger partial charge in [-0.15, -0.1) is 11.8 Å². The van der Waals surface area contributed by atoms with Crippen LogP contribution in [0.5, 0.6) is 5.75 Å². The van der Waals surface area contributed by atoms with Gasteiger partial charge in [0, 0.05) is 22.3 Å². The topological polar surface area (TPSA) is 38.3 Å². The Morgan fingerprint density at radius 1 is 0.962 bits per heavy atom. The Bertz CT molecular complexity index is 660. The van der Waals surface area contributed by atoms with Crippen LogP contribution in [0.3, 0.4) is 0 Å². The molecule has 2 aromatic carbocycles. The molecule has 3 nitrogen and oxygen atoms in total. The molecule has 1 N–H and O–H groups in total. The Morgan fingerprint density at radius 2 is 1.58 bits per heavy atom. The molecule has 0 aromatic heterocycles. The van der Waals surface area contributed by atoms with E-state index < -0.39 is 0 Å². The lowest BCUT2D eigenvalue weighted by Gasteiger charge is -2.26. The van der Waals surface area contributed by atoms with Crippen molar-refractivity contribution in [2.24, 2.45) is 11.8 Å². The van der Waals surface area contributed by atoms with Crippen molar-refractivity contribution < 1.29 is 9.53 Å². The first kappa shape index (κ1) is 20.4. The predicted molar refractivity (Wildman–Crippen MR) is 110 cm³/mol. The van der Waals surface area contributed by atoms with E-state index in [-0.39, 0.29) is 11.9 Å². The summed E-state index contributed by atoms with van der Waals surface area (Å²) in [5, 5.41) is 3.14. The van der Waals surface area contributed by atoms with Gasteiger partial charge in [0.15, 0.2) is 0 Å². The van der Waals surface area contributed by atoms with Crippen LogP contribution in [0.1, 0.15) is 38.1 Å². The maximum Gasteiger partial charge on any atom is 0.251 e. The summed E-state index contributed by atoms with van der Waals surface area (Å²) < 4.78 is 5.77. The van der Waals surface area contributed by atoms with Crippen LogP contribution in [-0.4, -0.2) is 24.3 Å². The van der Waals surface area contributed by atoms with E-state index in [1.54, 1.807) is 11.8 Å². The number of nitrogens with one attached hydrogen (secondary N) is 1. The highest BCUT2D eigenvalue weighted by atomic mass is 32.2. The molecule has 0 aliphatic carbocycles. The van der Waals surface area contributed by atoms with Gasteiger partial charge in [-0.25, -0.2) is 0 Å². The summed E-state index contributed by atoms with van der Waals surface area (Å²) in [5.41, 5.74) is 0.669. The molecule has 0 aliphatic heterocycles. The van der Waals surface area contributed by atoms with Gasteiger partial charge in [-0.3, -0.25) is 4.79 Å². The van der Waals surface area contributed by atoms with Crippen LogP contribution in [0.2, 0.25) is 0 Å². The molecule has 4 heteroatoms. The smallest absolute Gasteiger partial charge is 0.251 e. The monoisotopic (exact) mass is 371 g/mol. The van der Waals surface area contributed by atoms with Gasteiger partial charge in [-0.05, 0) is 48.2 Å². The third-order valence-corrected chi connectivity index (χ3v) is 5.19. The lowest BCUT2D eigenvalue weighted by Crippen LogP contribution is -2.42. The molecule has 0 saturated carbocycles. The van der Waals surface area contributed by atoms with Crippen molar-refractivity contribution in [1.29, 1.82) is 0 Å². The molecular weight excluding hydrogens is 342 g/mol. The largest absolute Gasteiger partial charge is 0.493 e. The van der Waals surface area contributed by atoms with Gasteiger partial charge < -0.3 is 10.1 Å². The Balaban J connectivity index is 1.80. The molecule has 0 atom stereocenters. The third kappa shape index (κ3) is 6.41. The quantitative estimate of drug-likeness (QED) is 0.482. The minimum atomic E-state index is -0.0245. The minimum absolute atomic E-state index is 0.0245. The molecule has 0 spiro atoms. The molecular formula is C22H29NO2S. The number of carbonyl (C=O) groups is 1. The fraction of sp³-hybridized carbons (Fsp3) is 0.409. The van der Waals surface area contributed by atoms with E-state index in [1.165, 1.54) is 4.90 Å². The van der Waals surface area contributed by atoms with E-state index >= 15 is 0 Å². The van der Waals surface area contributed by atoms with E-state index in [2.05, 4.69) is 45.1 Å². The van der Waals surface area contributed by atoms with Crippen molar-refractivity contribution in [3.8, 4) is 5.75 Å². The second kappa shape index (κ2) is 10.3. The Hall–Kier alpha value is -1.94. The molecule has 1 amide bonds. The standard InChI is InChI=1S/C22H29NO2S/c1-16(2)21(17(3)4)23-22(24)18-10-12-19(13-11-18)25-14-15-26-20-8-6-5-7-9-20/h5-13,16-17,21H,14-15H2,1-4H3,(H,23,24). The molecule has 0 radical (unpaired) electrons. The van der Waals surface area contributed by atoms with Gasteiger partial charge in [0.1, 0.15) is 5.75 Å². The highest BCUT2D eigenvalue weighted by Crippen LogP contribution is 2.18. The third-order valence-electron chi connectivity index (χ3n) is 4.21. The maximum atomic E-state index is 12.4. The van der Waals surface area contributed by atoms with Gasteiger partial charge in [0.05, 0.1) is 6.61 Å². The Morgan fingerprint density at radius 3 is 2.15 bits per heavy atom. The van der Waals surface area contributed by atoms with E-state index in [1.807, 2.05) is 42.5 Å². The van der Waals surface area contributed by atoms with Crippen LogP contribution in [0, 0.1) is 11.8 Å². The molecule has 2 rings (SSSR count). The van der Waals surface area contributed by atoms with Crippen LogP contribution < -0.4 is 10.1 Å². The van der Waals surface area contributed by atoms with Crippen LogP contribution in [0.4, 0.5) is 0 Å². The molecule has 0 saturated heterocycles. The summed E-state index contributed by atoms with van der Waals surface area (Å²) in [4.78, 5) is 13.7. The number of carbonyl (C=O) groups excluding carboxylic acids is 1. The van der Waals surface area contributed by atoms with Gasteiger partial charge in [0.25, 0.3) is 5.91 Å². The highest BCUT2D eigenvalue weighted by molar-refractivity contribution is 7.99. The molecule has 0 bridgehead atoms. The van der Waals surface area contributed by atoms with Crippen molar-refractivity contribution in [2.75, 3.05) is 12.4 Å². The van der Waals surface area contributed by atoms with Crippen LogP contribution in [0.15, 0.2) is 59.5 Å². The molecule has 0 fully saturated rings. The number of benzene rings is 2. The number of rotatable bonds is 9. The predicted octanol–water partition coefficient (Wildman–Crippen LogP) is 5.27. The second-order valence-electron chi connectivity index (χ2n) is 7.02. The van der Waals surface area contributed by atoms with Crippen LogP contribution in [-0.2, 0) is 0 Å². The Kier molecular flexibility index (Phi) is 8.05. The van der Waals surface area contributed by atoms with Crippen molar-refractivity contribution in [1.82, 2.24) is 5.32 Å². The average Bonchev–Trinajstić information content (AvgIpc) is 2.64. The van der Waals surface area contributed by atoms with Crippen LogP contribution in [0.25, 0.3) is 0 Å². The van der Waals surface area contributed by atoms with E-state index in [0.29, 0.717) is 24.0 Å². The van der Waals surface area contributed by atoms with Gasteiger partial charge in [-0.1, -0.05) is 45.9 Å². The van der Waals surface area contributed by atoms with Gasteiger partial charge >= 0.3 is 0 Å². The normalized spacial score (nSPS) is 11.2. The van der Waals surface area contributed by atoms with Crippen molar-refractivity contribution >= 4 is 17.7 Å². The van der Waals surface area contributed by atoms with E-state index in [9.17, 15) is 4.79 Å². The summed E-state index contributed by atoms with van der Waals surface area (Å²) in [7, 11) is 0. The number of amides is 1. The first-order valence-corrected chi connectivity index (χ1v) is 10.2. The molecule has 0 heterocycles. The van der Waals surface area contributed by atoms with E-state index in [0.717, 1.165) is 11.5 Å². The fourth-order valence-corrected chi connectivity index (χ4v) is 3.63. The molecule has 26 heavy (non-hydrogen) atoms. The lowest BCUT2D eigenvalue weighted by atomic mass is 9.93. The highest BCUT2D eigenvalue weighted by Gasteiger charge is 2.20. The van der Waals surface area contributed by atoms with Crippen molar-refractivity contribution in [3.05, 3.63) is 60.2 Å². The van der Waals surface area contributed by atoms with Crippen molar-refractivity contribution in [2.45, 2.75) is 38.6 Å². The summed E-state index contributed by atoms with van der Waals surface area (Å²) in [6, 6.07) is 17.8.